The normalized spacial score (nSPS) is 15.5. The van der Waals surface area contributed by atoms with Gasteiger partial charge in [-0.1, -0.05) is 6.92 Å². The molecule has 0 bridgehead atoms. The second-order valence-electron chi connectivity index (χ2n) is 4.07. The number of Topliss-reactive ketones (excluding diaryl/α,β-unsaturated/α-hetero) is 1. The molecule has 17 heavy (non-hydrogen) atoms. The minimum Gasteiger partial charge on any atom is -0.486 e. The van der Waals surface area contributed by atoms with Crippen LogP contribution in [0.25, 0.3) is 0 Å². The van der Waals surface area contributed by atoms with Gasteiger partial charge in [-0.15, -0.1) is 0 Å². The van der Waals surface area contributed by atoms with Gasteiger partial charge in [0.1, 0.15) is 19.3 Å². The van der Waals surface area contributed by atoms with Crippen LogP contribution in [0.3, 0.4) is 0 Å². The molecule has 1 aromatic rings. The fourth-order valence-electron chi connectivity index (χ4n) is 1.87. The quantitative estimate of drug-likeness (QED) is 0.869. The van der Waals surface area contributed by atoms with Gasteiger partial charge in [-0.05, 0) is 30.2 Å². The second kappa shape index (κ2) is 4.75. The van der Waals surface area contributed by atoms with Gasteiger partial charge in [0.15, 0.2) is 17.3 Å². The lowest BCUT2D eigenvalue weighted by molar-refractivity contribution is -0.127. The van der Waals surface area contributed by atoms with E-state index in [2.05, 4.69) is 0 Å². The van der Waals surface area contributed by atoms with Gasteiger partial charge in [0.2, 0.25) is 0 Å². The van der Waals surface area contributed by atoms with E-state index in [0.717, 1.165) is 5.56 Å². The molecule has 0 saturated heterocycles. The lowest BCUT2D eigenvalue weighted by atomic mass is 9.98. The van der Waals surface area contributed by atoms with E-state index < -0.39 is 6.10 Å². The van der Waals surface area contributed by atoms with Crippen molar-refractivity contribution in [3.05, 3.63) is 23.3 Å². The number of rotatable bonds is 3. The van der Waals surface area contributed by atoms with E-state index in [0.29, 0.717) is 36.7 Å². The highest BCUT2D eigenvalue weighted by Gasteiger charge is 2.21. The maximum Gasteiger partial charge on any atom is 0.165 e. The Morgan fingerprint density at radius 2 is 1.94 bits per heavy atom. The van der Waals surface area contributed by atoms with Crippen LogP contribution in [0, 0.1) is 6.92 Å². The van der Waals surface area contributed by atoms with Crippen LogP contribution in [0.5, 0.6) is 11.5 Å². The summed E-state index contributed by atoms with van der Waals surface area (Å²) in [6.45, 7) is 4.61. The van der Waals surface area contributed by atoms with Crippen molar-refractivity contribution in [2.45, 2.75) is 26.4 Å². The molecule has 92 valence electrons. The molecule has 1 atom stereocenters. The Bertz CT molecular complexity index is 439. The molecule has 4 nitrogen and oxygen atoms in total. The van der Waals surface area contributed by atoms with E-state index in [-0.39, 0.29) is 5.78 Å². The van der Waals surface area contributed by atoms with Gasteiger partial charge in [-0.3, -0.25) is 4.79 Å². The van der Waals surface area contributed by atoms with Crippen molar-refractivity contribution >= 4 is 5.78 Å². The van der Waals surface area contributed by atoms with Crippen LogP contribution in [-0.2, 0) is 4.79 Å². The van der Waals surface area contributed by atoms with Crippen molar-refractivity contribution in [3.8, 4) is 11.5 Å². The Hall–Kier alpha value is -1.55. The summed E-state index contributed by atoms with van der Waals surface area (Å²) in [6.07, 6.45) is -0.759. The van der Waals surface area contributed by atoms with Crippen molar-refractivity contribution in [2.75, 3.05) is 13.2 Å². The van der Waals surface area contributed by atoms with Crippen LogP contribution in [0.15, 0.2) is 12.1 Å². The van der Waals surface area contributed by atoms with Crippen LogP contribution in [0.2, 0.25) is 0 Å². The summed E-state index contributed by atoms with van der Waals surface area (Å²) in [5.41, 5.74) is 1.43. The molecule has 1 aromatic carbocycles. The van der Waals surface area contributed by atoms with E-state index in [4.69, 9.17) is 9.47 Å². The molecule has 1 aliphatic rings. The number of aryl methyl sites for hydroxylation is 1. The van der Waals surface area contributed by atoms with Gasteiger partial charge in [0, 0.05) is 6.42 Å². The second-order valence-corrected chi connectivity index (χ2v) is 4.07. The molecule has 0 spiro atoms. The highest BCUT2D eigenvalue weighted by molar-refractivity contribution is 5.84. The van der Waals surface area contributed by atoms with Gasteiger partial charge < -0.3 is 14.6 Å². The van der Waals surface area contributed by atoms with Gasteiger partial charge in [-0.25, -0.2) is 0 Å². The average molecular weight is 236 g/mol. The van der Waals surface area contributed by atoms with E-state index in [1.807, 2.05) is 6.92 Å². The number of carbonyl (C=O) groups excluding carboxylic acids is 1. The average Bonchev–Trinajstić information content (AvgIpc) is 2.36. The number of aliphatic hydroxyl groups excluding tert-OH is 1. The maximum atomic E-state index is 11.5. The predicted molar refractivity (Wildman–Crippen MR) is 62.4 cm³/mol. The highest BCUT2D eigenvalue weighted by atomic mass is 16.6. The van der Waals surface area contributed by atoms with Gasteiger partial charge >= 0.3 is 0 Å². The first kappa shape index (κ1) is 11.9. The van der Waals surface area contributed by atoms with E-state index in [1.165, 1.54) is 0 Å². The summed E-state index contributed by atoms with van der Waals surface area (Å²) in [6, 6.07) is 3.50. The molecule has 1 heterocycles. The Morgan fingerprint density at radius 3 is 2.53 bits per heavy atom. The Morgan fingerprint density at radius 1 is 1.35 bits per heavy atom. The van der Waals surface area contributed by atoms with Crippen LogP contribution in [0.1, 0.15) is 30.6 Å². The number of hydrogen-bond acceptors (Lipinski definition) is 4. The Kier molecular flexibility index (Phi) is 3.33. The number of benzene rings is 1. The third kappa shape index (κ3) is 2.26. The number of ketones is 1. The summed E-state index contributed by atoms with van der Waals surface area (Å²) < 4.78 is 10.9. The summed E-state index contributed by atoms with van der Waals surface area (Å²) in [4.78, 5) is 11.5. The maximum absolute atomic E-state index is 11.5. The molecule has 0 aliphatic carbocycles. The van der Waals surface area contributed by atoms with E-state index >= 15 is 0 Å². The molecule has 1 N–H and O–H groups in total. The summed E-state index contributed by atoms with van der Waals surface area (Å²) >= 11 is 0. The first-order valence-corrected chi connectivity index (χ1v) is 5.74. The van der Waals surface area contributed by atoms with Gasteiger partial charge in [0.05, 0.1) is 0 Å². The predicted octanol–water partition coefficient (Wildman–Crippen LogP) is 1.78. The number of fused-ring (bicyclic) bond motifs is 1. The molecular weight excluding hydrogens is 220 g/mol. The van der Waals surface area contributed by atoms with Crippen molar-refractivity contribution in [1.29, 1.82) is 0 Å². The smallest absolute Gasteiger partial charge is 0.165 e. The molecule has 1 unspecified atom stereocenters. The Labute approximate surface area is 100 Å². The van der Waals surface area contributed by atoms with Crippen LogP contribution in [0.4, 0.5) is 0 Å². The van der Waals surface area contributed by atoms with Gasteiger partial charge in [-0.2, -0.15) is 0 Å². The lowest BCUT2D eigenvalue weighted by Crippen LogP contribution is -2.17. The summed E-state index contributed by atoms with van der Waals surface area (Å²) in [5, 5.41) is 9.93. The number of ether oxygens (including phenoxy) is 2. The van der Waals surface area contributed by atoms with Crippen LogP contribution in [-0.4, -0.2) is 24.1 Å². The van der Waals surface area contributed by atoms with Crippen molar-refractivity contribution in [1.82, 2.24) is 0 Å². The van der Waals surface area contributed by atoms with Crippen LogP contribution >= 0.6 is 0 Å². The largest absolute Gasteiger partial charge is 0.486 e. The number of aliphatic hydroxyl groups is 1. The monoisotopic (exact) mass is 236 g/mol. The SMILES string of the molecule is CCC(=O)C(O)c1cc2c(cc1C)OCCO2. The fourth-order valence-corrected chi connectivity index (χ4v) is 1.87. The minimum atomic E-state index is -1.07. The molecule has 0 fully saturated rings. The zero-order valence-electron chi connectivity index (χ0n) is 10.0. The molecule has 1 aliphatic heterocycles. The molecule has 0 amide bonds. The van der Waals surface area contributed by atoms with Crippen LogP contribution < -0.4 is 9.47 Å². The van der Waals surface area contributed by atoms with Crippen molar-refractivity contribution in [2.24, 2.45) is 0 Å². The zero-order valence-corrected chi connectivity index (χ0v) is 10.0. The number of hydrogen-bond donors (Lipinski definition) is 1. The number of carbonyl (C=O) groups is 1. The van der Waals surface area contributed by atoms with E-state index in [1.54, 1.807) is 19.1 Å². The molecule has 2 rings (SSSR count). The standard InChI is InChI=1S/C13H16O4/c1-3-10(14)13(15)9-7-12-11(6-8(9)2)16-4-5-17-12/h6-7,13,15H,3-5H2,1-2H3. The van der Waals surface area contributed by atoms with E-state index in [9.17, 15) is 9.90 Å². The molecule has 0 saturated carbocycles. The molecule has 0 aromatic heterocycles. The zero-order chi connectivity index (χ0) is 12.4. The third-order valence-electron chi connectivity index (χ3n) is 2.88. The molecular formula is C13H16O4. The lowest BCUT2D eigenvalue weighted by Gasteiger charge is -2.21. The first-order valence-electron chi connectivity index (χ1n) is 5.74. The van der Waals surface area contributed by atoms with Crippen molar-refractivity contribution < 1.29 is 19.4 Å². The summed E-state index contributed by atoms with van der Waals surface area (Å²) in [7, 11) is 0. The minimum absolute atomic E-state index is 0.190. The fraction of sp³-hybridized carbons (Fsp3) is 0.462. The molecule has 0 radical (unpaired) electrons. The molecule has 4 heteroatoms. The first-order chi connectivity index (χ1) is 8.13. The van der Waals surface area contributed by atoms with Gasteiger partial charge in [0.25, 0.3) is 0 Å². The summed E-state index contributed by atoms with van der Waals surface area (Å²) in [5.74, 6) is 1.08. The Balaban J connectivity index is 2.37. The topological polar surface area (TPSA) is 55.8 Å². The highest BCUT2D eigenvalue weighted by Crippen LogP contribution is 2.35. The van der Waals surface area contributed by atoms with Crippen molar-refractivity contribution in [3.63, 3.8) is 0 Å². The third-order valence-corrected chi connectivity index (χ3v) is 2.88.